The van der Waals surface area contributed by atoms with Crippen LogP contribution in [0.5, 0.6) is 0 Å². The van der Waals surface area contributed by atoms with Crippen molar-refractivity contribution in [1.82, 2.24) is 4.90 Å². The molecule has 1 aliphatic heterocycles. The molecule has 0 unspecified atom stereocenters. The molecule has 2 aromatic rings. The smallest absolute Gasteiger partial charge is 0.279 e. The maximum atomic E-state index is 12.5. The summed E-state index contributed by atoms with van der Waals surface area (Å²) in [6, 6.07) is 15.4. The number of hydrogen-bond acceptors (Lipinski definition) is 2. The van der Waals surface area contributed by atoms with Crippen molar-refractivity contribution in [3.05, 3.63) is 65.2 Å². The van der Waals surface area contributed by atoms with E-state index in [1.807, 2.05) is 61.2 Å². The average Bonchev–Trinajstić information content (AvgIpc) is 2.61. The Hall–Kier alpha value is -2.66. The highest BCUT2D eigenvalue weighted by molar-refractivity contribution is 5.94. The second kappa shape index (κ2) is 8.15. The summed E-state index contributed by atoms with van der Waals surface area (Å²) in [7, 11) is 0. The van der Waals surface area contributed by atoms with Gasteiger partial charge in [-0.2, -0.15) is 0 Å². The number of aryl methyl sites for hydroxylation is 2. The Labute approximate surface area is 154 Å². The number of benzene rings is 2. The third-order valence-electron chi connectivity index (χ3n) is 4.69. The minimum atomic E-state index is 0.0211. The molecule has 0 atom stereocenters. The fraction of sp³-hybridized carbons (Fsp3) is 0.333. The molecule has 5 heteroatoms. The predicted octanol–water partition coefficient (Wildman–Crippen LogP) is 1.28. The average molecular weight is 352 g/mol. The van der Waals surface area contributed by atoms with Crippen molar-refractivity contribution in [2.45, 2.75) is 13.8 Å². The Bertz CT molecular complexity index is 761. The first-order valence-electron chi connectivity index (χ1n) is 9.07. The summed E-state index contributed by atoms with van der Waals surface area (Å²) in [6.45, 7) is 7.42. The number of piperazine rings is 1. The van der Waals surface area contributed by atoms with Crippen LogP contribution < -0.4 is 10.2 Å². The van der Waals surface area contributed by atoms with Crippen LogP contribution in [0.4, 0.5) is 5.69 Å². The molecule has 0 saturated carbocycles. The fourth-order valence-electron chi connectivity index (χ4n) is 3.45. The summed E-state index contributed by atoms with van der Waals surface area (Å²) in [6.07, 6.45) is 0. The van der Waals surface area contributed by atoms with Crippen molar-refractivity contribution in [3.8, 4) is 0 Å². The van der Waals surface area contributed by atoms with E-state index in [9.17, 15) is 9.59 Å². The van der Waals surface area contributed by atoms with E-state index in [2.05, 4.69) is 11.4 Å². The van der Waals surface area contributed by atoms with Crippen LogP contribution in [0.2, 0.25) is 0 Å². The van der Waals surface area contributed by atoms with Gasteiger partial charge in [0.05, 0.1) is 26.2 Å². The van der Waals surface area contributed by atoms with E-state index in [4.69, 9.17) is 0 Å². The Kier molecular flexibility index (Phi) is 5.68. The molecule has 2 amide bonds. The molecule has 0 aromatic heterocycles. The molecule has 136 valence electrons. The van der Waals surface area contributed by atoms with Crippen LogP contribution in [0.1, 0.15) is 21.5 Å². The molecule has 1 aliphatic rings. The van der Waals surface area contributed by atoms with Gasteiger partial charge in [0.1, 0.15) is 0 Å². The molecule has 3 rings (SSSR count). The zero-order chi connectivity index (χ0) is 18.5. The molecule has 2 aromatic carbocycles. The van der Waals surface area contributed by atoms with Gasteiger partial charge >= 0.3 is 0 Å². The van der Waals surface area contributed by atoms with Gasteiger partial charge in [0.25, 0.3) is 11.8 Å². The molecule has 1 saturated heterocycles. The van der Waals surface area contributed by atoms with E-state index in [-0.39, 0.29) is 11.8 Å². The number of hydrogen-bond donors (Lipinski definition) is 2. The summed E-state index contributed by atoms with van der Waals surface area (Å²) in [5.41, 5.74) is 3.86. The van der Waals surface area contributed by atoms with Crippen LogP contribution >= 0.6 is 0 Å². The maximum absolute atomic E-state index is 12.5. The maximum Gasteiger partial charge on any atom is 0.279 e. The highest BCUT2D eigenvalue weighted by atomic mass is 16.2. The van der Waals surface area contributed by atoms with Crippen LogP contribution in [0.15, 0.2) is 48.5 Å². The van der Waals surface area contributed by atoms with Crippen molar-refractivity contribution in [2.24, 2.45) is 0 Å². The monoisotopic (exact) mass is 352 g/mol. The summed E-state index contributed by atoms with van der Waals surface area (Å²) >= 11 is 0. The second-order valence-corrected chi connectivity index (χ2v) is 7.01. The van der Waals surface area contributed by atoms with E-state index in [0.29, 0.717) is 19.6 Å². The van der Waals surface area contributed by atoms with E-state index < -0.39 is 0 Å². The van der Waals surface area contributed by atoms with Crippen molar-refractivity contribution < 1.29 is 14.5 Å². The van der Waals surface area contributed by atoms with Gasteiger partial charge in [0.15, 0.2) is 6.54 Å². The molecular weight excluding hydrogens is 326 g/mol. The number of carbonyl (C=O) groups is 2. The van der Waals surface area contributed by atoms with Gasteiger partial charge in [0.2, 0.25) is 0 Å². The minimum Gasteiger partial charge on any atom is -0.327 e. The van der Waals surface area contributed by atoms with Gasteiger partial charge in [0, 0.05) is 11.3 Å². The number of nitrogens with one attached hydrogen (secondary N) is 2. The lowest BCUT2D eigenvalue weighted by molar-refractivity contribution is -0.895. The summed E-state index contributed by atoms with van der Waals surface area (Å²) in [5, 5.41) is 2.99. The lowest BCUT2D eigenvalue weighted by atomic mass is 10.1. The zero-order valence-electron chi connectivity index (χ0n) is 15.4. The SMILES string of the molecule is Cc1cc(C)cc(NC(=O)C[NH+]2CCN(C(=O)c3ccccc3)CC2)c1. The van der Waals surface area contributed by atoms with Gasteiger partial charge in [-0.3, -0.25) is 9.59 Å². The lowest BCUT2D eigenvalue weighted by Crippen LogP contribution is -3.15. The quantitative estimate of drug-likeness (QED) is 0.871. The van der Waals surface area contributed by atoms with Crippen LogP contribution in [0.25, 0.3) is 0 Å². The fourth-order valence-corrected chi connectivity index (χ4v) is 3.45. The third kappa shape index (κ3) is 4.70. The first kappa shape index (κ1) is 18.1. The zero-order valence-corrected chi connectivity index (χ0v) is 15.4. The summed E-state index contributed by atoms with van der Waals surface area (Å²) < 4.78 is 0. The van der Waals surface area contributed by atoms with Crippen molar-refractivity contribution in [1.29, 1.82) is 0 Å². The first-order valence-corrected chi connectivity index (χ1v) is 9.07. The topological polar surface area (TPSA) is 53.9 Å². The standard InChI is InChI=1S/C21H25N3O2/c1-16-12-17(2)14-19(13-16)22-20(25)15-23-8-10-24(11-9-23)21(26)18-6-4-3-5-7-18/h3-7,12-14H,8-11,15H2,1-2H3,(H,22,25)/p+1. The van der Waals surface area contributed by atoms with Gasteiger partial charge in [-0.25, -0.2) is 0 Å². The highest BCUT2D eigenvalue weighted by Crippen LogP contribution is 2.13. The molecule has 0 spiro atoms. The molecule has 0 bridgehead atoms. The van der Waals surface area contributed by atoms with Crippen LogP contribution in [-0.4, -0.2) is 49.4 Å². The number of carbonyl (C=O) groups excluding carboxylic acids is 2. The summed E-state index contributed by atoms with van der Waals surface area (Å²) in [5.74, 6) is 0.0946. The Morgan fingerprint density at radius 1 is 1.00 bits per heavy atom. The first-order chi connectivity index (χ1) is 12.5. The van der Waals surface area contributed by atoms with E-state index in [1.54, 1.807) is 0 Å². The van der Waals surface area contributed by atoms with E-state index >= 15 is 0 Å². The minimum absolute atomic E-state index is 0.0211. The second-order valence-electron chi connectivity index (χ2n) is 7.01. The third-order valence-corrected chi connectivity index (χ3v) is 4.69. The molecule has 1 heterocycles. The molecule has 2 N–H and O–H groups in total. The number of amides is 2. The molecule has 26 heavy (non-hydrogen) atoms. The molecule has 0 radical (unpaired) electrons. The van der Waals surface area contributed by atoms with E-state index in [0.717, 1.165) is 35.5 Å². The Balaban J connectivity index is 1.49. The van der Waals surface area contributed by atoms with Crippen LogP contribution in [-0.2, 0) is 4.79 Å². The number of nitrogens with zero attached hydrogens (tertiary/aromatic N) is 1. The van der Waals surface area contributed by atoms with Crippen LogP contribution in [0.3, 0.4) is 0 Å². The van der Waals surface area contributed by atoms with Gasteiger partial charge < -0.3 is 15.1 Å². The normalized spacial score (nSPS) is 14.9. The lowest BCUT2D eigenvalue weighted by Gasteiger charge is -2.32. The van der Waals surface area contributed by atoms with Gasteiger partial charge in [-0.05, 0) is 49.2 Å². The van der Waals surface area contributed by atoms with Gasteiger partial charge in [-0.1, -0.05) is 24.3 Å². The van der Waals surface area contributed by atoms with Crippen molar-refractivity contribution in [3.63, 3.8) is 0 Å². The Morgan fingerprint density at radius 3 is 2.23 bits per heavy atom. The molecule has 0 aliphatic carbocycles. The number of quaternary nitrogens is 1. The summed E-state index contributed by atoms with van der Waals surface area (Å²) in [4.78, 5) is 27.9. The highest BCUT2D eigenvalue weighted by Gasteiger charge is 2.25. The molecule has 1 fully saturated rings. The largest absolute Gasteiger partial charge is 0.327 e. The molecular formula is C21H26N3O2+. The van der Waals surface area contributed by atoms with Crippen LogP contribution in [0, 0.1) is 13.8 Å². The van der Waals surface area contributed by atoms with Crippen molar-refractivity contribution >= 4 is 17.5 Å². The number of anilines is 1. The van der Waals surface area contributed by atoms with Gasteiger partial charge in [-0.15, -0.1) is 0 Å². The predicted molar refractivity (Wildman–Crippen MR) is 102 cm³/mol. The van der Waals surface area contributed by atoms with E-state index in [1.165, 1.54) is 4.90 Å². The molecule has 5 nitrogen and oxygen atoms in total. The van der Waals surface area contributed by atoms with Crippen molar-refractivity contribution in [2.75, 3.05) is 38.0 Å². The Morgan fingerprint density at radius 2 is 1.62 bits per heavy atom. The number of rotatable bonds is 4.